The Balaban J connectivity index is 1.22. The van der Waals surface area contributed by atoms with Crippen molar-refractivity contribution in [3.63, 3.8) is 0 Å². The highest BCUT2D eigenvalue weighted by Gasteiger charge is 2.24. The molecule has 206 valence electrons. The molecule has 8 nitrogen and oxygen atoms in total. The topological polar surface area (TPSA) is 114 Å². The SMILES string of the molecule is COC(=O)CCCCCCC(=O)N[C@H]1CCN(c2ccc(C(=O)Nc3cc(-c4cccs4)ccc3N)cc2)C1. The number of esters is 1. The second-order valence-corrected chi connectivity index (χ2v) is 10.7. The molecule has 0 radical (unpaired) electrons. The van der Waals surface area contributed by atoms with E-state index in [1.807, 2.05) is 60.0 Å². The molecular weight excluding hydrogens is 512 g/mol. The Kier molecular flexibility index (Phi) is 9.97. The van der Waals surface area contributed by atoms with Crippen molar-refractivity contribution in [1.29, 1.82) is 0 Å². The average molecular weight is 549 g/mol. The lowest BCUT2D eigenvalue weighted by molar-refractivity contribution is -0.140. The van der Waals surface area contributed by atoms with Crippen molar-refractivity contribution in [2.24, 2.45) is 0 Å². The van der Waals surface area contributed by atoms with E-state index < -0.39 is 0 Å². The molecule has 0 saturated carbocycles. The maximum atomic E-state index is 12.9. The molecule has 9 heteroatoms. The van der Waals surface area contributed by atoms with Crippen LogP contribution in [0.3, 0.4) is 0 Å². The molecule has 0 unspecified atom stereocenters. The number of nitrogens with two attached hydrogens (primary N) is 1. The standard InChI is InChI=1S/C30H36N4O4S/c1-38-29(36)9-5-3-2-4-8-28(35)32-23-16-17-34(20-23)24-13-10-21(11-14-24)30(37)33-26-19-22(12-15-25(26)31)27-7-6-18-39-27/h6-7,10-15,18-19,23H,2-5,8-9,16-17,20,31H2,1H3,(H,32,35)(H,33,37)/t23-/m0/s1. The number of methoxy groups -OCH3 is 1. The molecule has 1 atom stereocenters. The molecule has 1 saturated heterocycles. The van der Waals surface area contributed by atoms with Crippen LogP contribution in [0.2, 0.25) is 0 Å². The molecule has 0 bridgehead atoms. The summed E-state index contributed by atoms with van der Waals surface area (Å²) >= 11 is 1.64. The average Bonchev–Trinajstić information content (AvgIpc) is 3.65. The third-order valence-corrected chi connectivity index (χ3v) is 7.84. The Morgan fingerprint density at radius 1 is 1.03 bits per heavy atom. The van der Waals surface area contributed by atoms with Gasteiger partial charge in [-0.25, -0.2) is 0 Å². The number of hydrogen-bond acceptors (Lipinski definition) is 7. The Bertz CT molecular complexity index is 1260. The van der Waals surface area contributed by atoms with E-state index in [0.717, 1.165) is 61.3 Å². The van der Waals surface area contributed by atoms with E-state index in [1.54, 1.807) is 11.3 Å². The van der Waals surface area contributed by atoms with Gasteiger partial charge < -0.3 is 26.0 Å². The van der Waals surface area contributed by atoms with Crippen LogP contribution in [0.25, 0.3) is 10.4 Å². The molecule has 39 heavy (non-hydrogen) atoms. The number of thiophene rings is 1. The Labute approximate surface area is 233 Å². The number of amides is 2. The smallest absolute Gasteiger partial charge is 0.305 e. The number of unbranched alkanes of at least 4 members (excludes halogenated alkanes) is 3. The third-order valence-electron chi connectivity index (χ3n) is 6.92. The number of nitrogens with one attached hydrogen (secondary N) is 2. The highest BCUT2D eigenvalue weighted by atomic mass is 32.1. The normalized spacial score (nSPS) is 14.7. The number of anilines is 3. The molecule has 2 heterocycles. The quantitative estimate of drug-likeness (QED) is 0.157. The number of rotatable bonds is 12. The van der Waals surface area contributed by atoms with Gasteiger partial charge in [0.25, 0.3) is 5.91 Å². The highest BCUT2D eigenvalue weighted by Crippen LogP contribution is 2.30. The second kappa shape index (κ2) is 13.8. The van der Waals surface area contributed by atoms with Crippen molar-refractivity contribution in [3.05, 3.63) is 65.5 Å². The fourth-order valence-electron chi connectivity index (χ4n) is 4.70. The van der Waals surface area contributed by atoms with Gasteiger partial charge in [-0.05, 0) is 72.7 Å². The van der Waals surface area contributed by atoms with E-state index in [-0.39, 0.29) is 23.8 Å². The Morgan fingerprint density at radius 2 is 1.79 bits per heavy atom. The molecule has 2 amide bonds. The van der Waals surface area contributed by atoms with E-state index in [1.165, 1.54) is 7.11 Å². The predicted octanol–water partition coefficient (Wildman–Crippen LogP) is 5.46. The summed E-state index contributed by atoms with van der Waals surface area (Å²) in [6, 6.07) is 17.3. The van der Waals surface area contributed by atoms with E-state index >= 15 is 0 Å². The largest absolute Gasteiger partial charge is 0.469 e. The zero-order valence-electron chi connectivity index (χ0n) is 22.3. The number of carbonyl (C=O) groups excluding carboxylic acids is 3. The first-order valence-electron chi connectivity index (χ1n) is 13.4. The molecule has 1 aromatic heterocycles. The predicted molar refractivity (Wildman–Crippen MR) is 157 cm³/mol. The van der Waals surface area contributed by atoms with E-state index in [9.17, 15) is 14.4 Å². The number of nitrogen functional groups attached to an aromatic ring is 1. The van der Waals surface area contributed by atoms with Gasteiger partial charge >= 0.3 is 5.97 Å². The monoisotopic (exact) mass is 548 g/mol. The van der Waals surface area contributed by atoms with Gasteiger partial charge in [0.2, 0.25) is 5.91 Å². The summed E-state index contributed by atoms with van der Waals surface area (Å²) in [7, 11) is 1.40. The van der Waals surface area contributed by atoms with Gasteiger partial charge in [-0.15, -0.1) is 11.3 Å². The van der Waals surface area contributed by atoms with Crippen LogP contribution in [0.5, 0.6) is 0 Å². The van der Waals surface area contributed by atoms with Gasteiger partial charge in [0, 0.05) is 48.1 Å². The molecular formula is C30H36N4O4S. The second-order valence-electron chi connectivity index (χ2n) is 9.77. The number of carbonyl (C=O) groups is 3. The minimum Gasteiger partial charge on any atom is -0.469 e. The van der Waals surface area contributed by atoms with Crippen LogP contribution >= 0.6 is 11.3 Å². The van der Waals surface area contributed by atoms with Gasteiger partial charge in [0.15, 0.2) is 0 Å². The zero-order chi connectivity index (χ0) is 27.6. The Morgan fingerprint density at radius 3 is 2.51 bits per heavy atom. The maximum absolute atomic E-state index is 12.9. The summed E-state index contributed by atoms with van der Waals surface area (Å²) in [5.41, 5.74) is 9.81. The summed E-state index contributed by atoms with van der Waals surface area (Å²) in [6.45, 7) is 1.58. The first-order chi connectivity index (χ1) is 18.9. The molecule has 3 aromatic rings. The number of hydrogen-bond donors (Lipinski definition) is 3. The fraction of sp³-hybridized carbons (Fsp3) is 0.367. The molecule has 2 aromatic carbocycles. The van der Waals surface area contributed by atoms with Crippen molar-refractivity contribution in [3.8, 4) is 10.4 Å². The molecule has 4 rings (SSSR count). The summed E-state index contributed by atoms with van der Waals surface area (Å²) in [5.74, 6) is -0.324. The van der Waals surface area contributed by atoms with Gasteiger partial charge in [-0.3, -0.25) is 14.4 Å². The fourth-order valence-corrected chi connectivity index (χ4v) is 5.43. The molecule has 0 spiro atoms. The molecule has 1 aliphatic rings. The lowest BCUT2D eigenvalue weighted by atomic mass is 10.1. The molecule has 0 aliphatic carbocycles. The first-order valence-corrected chi connectivity index (χ1v) is 14.3. The van der Waals surface area contributed by atoms with Crippen LogP contribution in [-0.2, 0) is 14.3 Å². The van der Waals surface area contributed by atoms with E-state index in [2.05, 4.69) is 20.3 Å². The van der Waals surface area contributed by atoms with Crippen LogP contribution in [-0.4, -0.2) is 44.0 Å². The lowest BCUT2D eigenvalue weighted by Gasteiger charge is -2.19. The summed E-state index contributed by atoms with van der Waals surface area (Å²) in [4.78, 5) is 39.7. The number of nitrogens with zero attached hydrogens (tertiary/aromatic N) is 1. The van der Waals surface area contributed by atoms with Gasteiger partial charge in [0.05, 0.1) is 18.5 Å². The third kappa shape index (κ3) is 8.07. The van der Waals surface area contributed by atoms with Gasteiger partial charge in [-0.2, -0.15) is 0 Å². The molecule has 1 fully saturated rings. The van der Waals surface area contributed by atoms with Crippen molar-refractivity contribution in [2.75, 3.05) is 36.1 Å². The van der Waals surface area contributed by atoms with E-state index in [0.29, 0.717) is 29.8 Å². The lowest BCUT2D eigenvalue weighted by Crippen LogP contribution is -2.36. The Hall–Kier alpha value is -3.85. The zero-order valence-corrected chi connectivity index (χ0v) is 23.1. The van der Waals surface area contributed by atoms with Crippen molar-refractivity contribution in [1.82, 2.24) is 5.32 Å². The highest BCUT2D eigenvalue weighted by molar-refractivity contribution is 7.13. The van der Waals surface area contributed by atoms with Crippen molar-refractivity contribution >= 4 is 46.2 Å². The van der Waals surface area contributed by atoms with Crippen molar-refractivity contribution < 1.29 is 19.1 Å². The van der Waals surface area contributed by atoms with Gasteiger partial charge in [0.1, 0.15) is 0 Å². The van der Waals surface area contributed by atoms with Crippen LogP contribution < -0.4 is 21.3 Å². The van der Waals surface area contributed by atoms with Crippen molar-refractivity contribution in [2.45, 2.75) is 51.0 Å². The van der Waals surface area contributed by atoms with E-state index in [4.69, 9.17) is 5.73 Å². The summed E-state index contributed by atoms with van der Waals surface area (Å²) in [6.07, 6.45) is 5.27. The van der Waals surface area contributed by atoms with Crippen LogP contribution in [0, 0.1) is 0 Å². The van der Waals surface area contributed by atoms with Crippen LogP contribution in [0.15, 0.2) is 60.0 Å². The number of benzene rings is 2. The van der Waals surface area contributed by atoms with Gasteiger partial charge in [-0.1, -0.05) is 25.0 Å². The molecule has 1 aliphatic heterocycles. The summed E-state index contributed by atoms with van der Waals surface area (Å²) < 4.78 is 4.64. The molecule has 4 N–H and O–H groups in total. The van der Waals surface area contributed by atoms with Crippen LogP contribution in [0.1, 0.15) is 55.3 Å². The van der Waals surface area contributed by atoms with Crippen LogP contribution in [0.4, 0.5) is 17.1 Å². The number of ether oxygens (including phenoxy) is 1. The minimum absolute atomic E-state index is 0.0734. The minimum atomic E-state index is -0.214. The first kappa shape index (κ1) is 28.2. The summed E-state index contributed by atoms with van der Waals surface area (Å²) in [5, 5.41) is 8.10. The maximum Gasteiger partial charge on any atom is 0.305 e.